The molecule has 5 atom stereocenters. The number of likely N-dealkylation sites (tertiary alicyclic amines) is 1. The van der Waals surface area contributed by atoms with Crippen LogP contribution in [0.4, 0.5) is 0 Å². The second kappa shape index (κ2) is 17.8. The fraction of sp³-hybridized carbons (Fsp3) is 0.471. The topological polar surface area (TPSA) is 228 Å². The van der Waals surface area contributed by atoms with Gasteiger partial charge in [0.2, 0.25) is 23.6 Å². The number of hydrogen-bond donors (Lipinski definition) is 7. The zero-order valence-corrected chi connectivity index (χ0v) is 27.1. The molecule has 1 heterocycles. The number of nitrogens with two attached hydrogens (primary N) is 1. The molecule has 1 aliphatic heterocycles. The molecule has 2 aromatic carbocycles. The van der Waals surface area contributed by atoms with Crippen LogP contribution in [0.1, 0.15) is 57.1 Å². The molecular formula is C34H45N5O9. The van der Waals surface area contributed by atoms with Crippen molar-refractivity contribution in [2.45, 2.75) is 89.0 Å². The number of nitrogens with one attached hydrogen (secondary N) is 3. The minimum Gasteiger partial charge on any atom is -0.508 e. The van der Waals surface area contributed by atoms with E-state index in [1.165, 1.54) is 17.0 Å². The maximum Gasteiger partial charge on any atom is 0.326 e. The minimum atomic E-state index is -1.36. The lowest BCUT2D eigenvalue weighted by Crippen LogP contribution is -2.58. The first-order valence-electron chi connectivity index (χ1n) is 16.0. The van der Waals surface area contributed by atoms with Gasteiger partial charge in [-0.15, -0.1) is 0 Å². The van der Waals surface area contributed by atoms with Gasteiger partial charge < -0.3 is 41.9 Å². The van der Waals surface area contributed by atoms with Gasteiger partial charge in [-0.1, -0.05) is 56.3 Å². The molecule has 0 aromatic heterocycles. The largest absolute Gasteiger partial charge is 0.508 e. The summed E-state index contributed by atoms with van der Waals surface area (Å²) in [6.45, 7) is 3.89. The molecule has 14 nitrogen and oxygen atoms in total. The molecule has 0 spiro atoms. The van der Waals surface area contributed by atoms with Gasteiger partial charge in [-0.3, -0.25) is 24.0 Å². The van der Waals surface area contributed by atoms with E-state index in [9.17, 15) is 44.1 Å². The number of carboxylic acid groups (broad SMARTS) is 2. The second-order valence-electron chi connectivity index (χ2n) is 12.4. The highest BCUT2D eigenvalue weighted by Gasteiger charge is 2.38. The third-order valence-electron chi connectivity index (χ3n) is 8.06. The zero-order chi connectivity index (χ0) is 35.4. The lowest BCUT2D eigenvalue weighted by Gasteiger charge is -2.29. The lowest BCUT2D eigenvalue weighted by molar-refractivity contribution is -0.142. The summed E-state index contributed by atoms with van der Waals surface area (Å²) in [5.41, 5.74) is 7.59. The van der Waals surface area contributed by atoms with Crippen molar-refractivity contribution in [2.75, 3.05) is 6.54 Å². The van der Waals surface area contributed by atoms with E-state index in [1.54, 1.807) is 42.5 Å². The van der Waals surface area contributed by atoms with E-state index < -0.39 is 72.2 Å². The van der Waals surface area contributed by atoms with Crippen molar-refractivity contribution in [1.82, 2.24) is 20.9 Å². The van der Waals surface area contributed by atoms with Crippen LogP contribution in [0.5, 0.6) is 5.75 Å². The quantitative estimate of drug-likeness (QED) is 0.126. The second-order valence-corrected chi connectivity index (χ2v) is 12.4. The summed E-state index contributed by atoms with van der Waals surface area (Å²) in [7, 11) is 0. The monoisotopic (exact) mass is 667 g/mol. The summed E-state index contributed by atoms with van der Waals surface area (Å²) >= 11 is 0. The predicted octanol–water partition coefficient (Wildman–Crippen LogP) is 0.946. The molecule has 0 aliphatic carbocycles. The number of rotatable bonds is 17. The van der Waals surface area contributed by atoms with Crippen LogP contribution in [-0.4, -0.2) is 92.5 Å². The van der Waals surface area contributed by atoms with E-state index in [0.29, 0.717) is 24.0 Å². The van der Waals surface area contributed by atoms with Crippen molar-refractivity contribution >= 4 is 35.6 Å². The number of hydrogen-bond acceptors (Lipinski definition) is 8. The van der Waals surface area contributed by atoms with Crippen molar-refractivity contribution in [3.8, 4) is 5.75 Å². The minimum absolute atomic E-state index is 0.0107. The Morgan fingerprint density at radius 2 is 1.44 bits per heavy atom. The molecule has 3 rings (SSSR count). The normalized spacial score (nSPS) is 16.8. The molecule has 0 saturated carbocycles. The highest BCUT2D eigenvalue weighted by atomic mass is 16.4. The first-order valence-corrected chi connectivity index (χ1v) is 16.0. The highest BCUT2D eigenvalue weighted by Crippen LogP contribution is 2.20. The molecule has 1 saturated heterocycles. The highest BCUT2D eigenvalue weighted by molar-refractivity contribution is 5.96. The van der Waals surface area contributed by atoms with Crippen molar-refractivity contribution in [2.24, 2.45) is 11.7 Å². The Kier molecular flexibility index (Phi) is 13.9. The van der Waals surface area contributed by atoms with E-state index in [4.69, 9.17) is 5.73 Å². The van der Waals surface area contributed by atoms with Crippen LogP contribution in [0.25, 0.3) is 0 Å². The van der Waals surface area contributed by atoms with E-state index >= 15 is 0 Å². The maximum atomic E-state index is 13.5. The summed E-state index contributed by atoms with van der Waals surface area (Å²) in [6.07, 6.45) is 0.355. The number of carbonyl (C=O) groups is 6. The number of nitrogens with zero attached hydrogens (tertiary/aromatic N) is 1. The molecule has 1 aliphatic rings. The van der Waals surface area contributed by atoms with Gasteiger partial charge in [-0.05, 0) is 61.3 Å². The van der Waals surface area contributed by atoms with Crippen molar-refractivity contribution in [1.29, 1.82) is 0 Å². The van der Waals surface area contributed by atoms with Gasteiger partial charge in [0.05, 0.1) is 6.04 Å². The molecule has 4 amide bonds. The van der Waals surface area contributed by atoms with Crippen LogP contribution in [-0.2, 0) is 41.6 Å². The molecule has 0 bridgehead atoms. The third kappa shape index (κ3) is 11.4. The van der Waals surface area contributed by atoms with Gasteiger partial charge in [0, 0.05) is 19.4 Å². The van der Waals surface area contributed by atoms with Crippen molar-refractivity contribution < 1.29 is 44.1 Å². The van der Waals surface area contributed by atoms with Crippen LogP contribution in [0.2, 0.25) is 0 Å². The van der Waals surface area contributed by atoms with Gasteiger partial charge in [0.1, 0.15) is 29.9 Å². The number of carbonyl (C=O) groups excluding carboxylic acids is 4. The number of amides is 4. The van der Waals surface area contributed by atoms with Crippen molar-refractivity contribution in [3.05, 3.63) is 65.7 Å². The van der Waals surface area contributed by atoms with E-state index in [-0.39, 0.29) is 43.9 Å². The Labute approximate surface area is 279 Å². The average molecular weight is 668 g/mol. The van der Waals surface area contributed by atoms with Crippen LogP contribution >= 0.6 is 0 Å². The Balaban J connectivity index is 1.72. The van der Waals surface area contributed by atoms with Gasteiger partial charge in [-0.2, -0.15) is 0 Å². The zero-order valence-electron chi connectivity index (χ0n) is 27.1. The molecule has 8 N–H and O–H groups in total. The number of phenolic OH excluding ortho intramolecular Hbond substituents is 1. The summed E-state index contributed by atoms with van der Waals surface area (Å²) in [5, 5.41) is 36.3. The summed E-state index contributed by atoms with van der Waals surface area (Å²) in [5.74, 6) is -5.19. The van der Waals surface area contributed by atoms with Crippen LogP contribution in [0, 0.1) is 5.92 Å². The number of phenols is 1. The molecule has 48 heavy (non-hydrogen) atoms. The predicted molar refractivity (Wildman–Crippen MR) is 174 cm³/mol. The number of aromatic hydroxyl groups is 1. The van der Waals surface area contributed by atoms with Crippen LogP contribution in [0.3, 0.4) is 0 Å². The molecule has 0 unspecified atom stereocenters. The molecular weight excluding hydrogens is 622 g/mol. The molecule has 0 radical (unpaired) electrons. The van der Waals surface area contributed by atoms with Gasteiger partial charge in [-0.25, -0.2) is 4.79 Å². The third-order valence-corrected chi connectivity index (χ3v) is 8.06. The smallest absolute Gasteiger partial charge is 0.326 e. The van der Waals surface area contributed by atoms with Gasteiger partial charge >= 0.3 is 11.9 Å². The summed E-state index contributed by atoms with van der Waals surface area (Å²) < 4.78 is 0. The Hall–Kier alpha value is -4.98. The van der Waals surface area contributed by atoms with Crippen LogP contribution < -0.4 is 21.7 Å². The molecule has 2 aromatic rings. The SMILES string of the molecule is CC(C)C[C@H](NC(=O)[C@H](CCC(=O)O)NC(=O)[C@@H]1CCCN1C(=O)[C@@H](N)Cc1ccc(O)cc1)C(=O)N[C@@H](Cc1ccccc1)C(=O)O. The first kappa shape index (κ1) is 37.5. The van der Waals surface area contributed by atoms with Gasteiger partial charge in [0.25, 0.3) is 0 Å². The van der Waals surface area contributed by atoms with E-state index in [2.05, 4.69) is 16.0 Å². The van der Waals surface area contributed by atoms with Gasteiger partial charge in [0.15, 0.2) is 0 Å². The van der Waals surface area contributed by atoms with Crippen LogP contribution in [0.15, 0.2) is 54.6 Å². The fourth-order valence-corrected chi connectivity index (χ4v) is 5.59. The Morgan fingerprint density at radius 1 is 0.833 bits per heavy atom. The number of aliphatic carboxylic acids is 2. The molecule has 260 valence electrons. The van der Waals surface area contributed by atoms with E-state index in [1.807, 2.05) is 13.8 Å². The average Bonchev–Trinajstić information content (AvgIpc) is 3.53. The summed E-state index contributed by atoms with van der Waals surface area (Å²) in [6, 6.07) is 9.22. The lowest BCUT2D eigenvalue weighted by atomic mass is 10.0. The first-order chi connectivity index (χ1) is 22.7. The number of benzene rings is 2. The fourth-order valence-electron chi connectivity index (χ4n) is 5.59. The van der Waals surface area contributed by atoms with Crippen molar-refractivity contribution in [3.63, 3.8) is 0 Å². The molecule has 14 heteroatoms. The standard InChI is InChI=1S/C34H45N5O9/c1-20(2)17-26(31(44)38-27(34(47)48)19-21-7-4-3-5-8-21)37-30(43)25(14-15-29(41)42)36-32(45)28-9-6-16-39(28)33(46)24(35)18-22-10-12-23(40)13-11-22/h3-5,7-8,10-13,20,24-28,40H,6,9,14-19,35H2,1-2H3,(H,36,45)(H,37,43)(H,38,44)(H,41,42)(H,47,48)/t24-,25-,26-,27-,28-/m0/s1. The Morgan fingerprint density at radius 3 is 2.04 bits per heavy atom. The van der Waals surface area contributed by atoms with E-state index in [0.717, 1.165) is 0 Å². The Bertz CT molecular complexity index is 1430. The molecule has 1 fully saturated rings. The summed E-state index contributed by atoms with van der Waals surface area (Å²) in [4.78, 5) is 78.4. The number of carboxylic acids is 2. The maximum absolute atomic E-state index is 13.5.